The number of thioether (sulfide) groups is 1. The number of carbonyl (C=O) groups excluding carboxylic acids is 1. The molecule has 2 atom stereocenters. The van der Waals surface area contributed by atoms with Crippen LogP contribution in [0.1, 0.15) is 44.2 Å². The maximum atomic E-state index is 12.8. The molecular weight excluding hydrogens is 300 g/mol. The van der Waals surface area contributed by atoms with E-state index in [1.807, 2.05) is 11.8 Å². The molecular formula is C16H24N2OS2. The average molecular weight is 325 g/mol. The number of hydrogen-bond donors (Lipinski definition) is 1. The summed E-state index contributed by atoms with van der Waals surface area (Å²) in [6.07, 6.45) is 5.65. The van der Waals surface area contributed by atoms with Gasteiger partial charge in [0.2, 0.25) is 5.91 Å². The molecule has 21 heavy (non-hydrogen) atoms. The highest BCUT2D eigenvalue weighted by Gasteiger charge is 2.49. The first-order valence-corrected chi connectivity index (χ1v) is 9.80. The molecule has 1 saturated carbocycles. The summed E-state index contributed by atoms with van der Waals surface area (Å²) < 4.78 is 0.319. The number of hydrogen-bond acceptors (Lipinski definition) is 4. The van der Waals surface area contributed by atoms with Crippen LogP contribution >= 0.6 is 23.1 Å². The highest BCUT2D eigenvalue weighted by atomic mass is 32.2. The first-order valence-electron chi connectivity index (χ1n) is 7.70. The van der Waals surface area contributed by atoms with Crippen molar-refractivity contribution in [1.82, 2.24) is 10.2 Å². The van der Waals surface area contributed by atoms with Crippen molar-refractivity contribution in [2.24, 2.45) is 5.92 Å². The number of nitrogens with one attached hydrogen (secondary N) is 1. The van der Waals surface area contributed by atoms with Crippen LogP contribution in [0.5, 0.6) is 0 Å². The van der Waals surface area contributed by atoms with Crippen molar-refractivity contribution in [1.29, 1.82) is 0 Å². The average Bonchev–Trinajstić information content (AvgIpc) is 2.89. The summed E-state index contributed by atoms with van der Waals surface area (Å²) in [7, 11) is 0. The minimum absolute atomic E-state index is 0.0187. The molecule has 2 fully saturated rings. The molecule has 0 aromatic carbocycles. The zero-order valence-corrected chi connectivity index (χ0v) is 14.6. The highest BCUT2D eigenvalue weighted by molar-refractivity contribution is 8.00. The second-order valence-corrected chi connectivity index (χ2v) is 8.87. The predicted octanol–water partition coefficient (Wildman–Crippen LogP) is 3.49. The molecule has 1 aliphatic carbocycles. The number of carbonyl (C=O) groups is 1. The number of nitrogens with zero attached hydrogens (tertiary/aromatic N) is 1. The lowest BCUT2D eigenvalue weighted by Gasteiger charge is -2.27. The van der Waals surface area contributed by atoms with Gasteiger partial charge in [0.05, 0.1) is 6.04 Å². The van der Waals surface area contributed by atoms with E-state index in [2.05, 4.69) is 47.8 Å². The minimum atomic E-state index is -0.0187. The molecule has 1 N–H and O–H groups in total. The third-order valence-electron chi connectivity index (χ3n) is 4.47. The molecule has 3 rings (SSSR count). The fourth-order valence-electron chi connectivity index (χ4n) is 3.05. The molecule has 2 aliphatic rings. The molecule has 1 aliphatic heterocycles. The minimum Gasteiger partial charge on any atom is -0.319 e. The van der Waals surface area contributed by atoms with E-state index in [0.717, 1.165) is 13.0 Å². The van der Waals surface area contributed by atoms with Crippen LogP contribution < -0.4 is 5.32 Å². The largest absolute Gasteiger partial charge is 0.319 e. The predicted molar refractivity (Wildman–Crippen MR) is 90.6 cm³/mol. The fraction of sp³-hybridized carbons (Fsp3) is 0.688. The Morgan fingerprint density at radius 1 is 1.52 bits per heavy atom. The summed E-state index contributed by atoms with van der Waals surface area (Å²) in [6, 6.07) is 4.19. The van der Waals surface area contributed by atoms with Crippen LogP contribution in [0.4, 0.5) is 0 Å². The summed E-state index contributed by atoms with van der Waals surface area (Å²) in [6.45, 7) is 5.25. The molecule has 1 aromatic heterocycles. The smallest absolute Gasteiger partial charge is 0.241 e. The quantitative estimate of drug-likeness (QED) is 0.869. The fourth-order valence-corrected chi connectivity index (χ4v) is 4.62. The molecule has 1 saturated heterocycles. The van der Waals surface area contributed by atoms with E-state index in [1.165, 1.54) is 17.7 Å². The number of rotatable bonds is 6. The van der Waals surface area contributed by atoms with E-state index in [4.69, 9.17) is 0 Å². The van der Waals surface area contributed by atoms with Crippen molar-refractivity contribution >= 4 is 29.0 Å². The molecule has 0 radical (unpaired) electrons. The van der Waals surface area contributed by atoms with Gasteiger partial charge in [0, 0.05) is 16.2 Å². The van der Waals surface area contributed by atoms with Gasteiger partial charge in [0.25, 0.3) is 0 Å². The molecule has 2 unspecified atom stereocenters. The van der Waals surface area contributed by atoms with Gasteiger partial charge in [0.1, 0.15) is 6.17 Å². The summed E-state index contributed by atoms with van der Waals surface area (Å²) in [5.41, 5.74) is 0. The maximum Gasteiger partial charge on any atom is 0.241 e. The van der Waals surface area contributed by atoms with Gasteiger partial charge in [-0.05, 0) is 42.9 Å². The highest BCUT2D eigenvalue weighted by Crippen LogP contribution is 2.49. The van der Waals surface area contributed by atoms with Crippen molar-refractivity contribution in [2.75, 3.05) is 12.8 Å². The lowest BCUT2D eigenvalue weighted by Crippen LogP contribution is -2.37. The summed E-state index contributed by atoms with van der Waals surface area (Å²) in [5, 5.41) is 5.67. The van der Waals surface area contributed by atoms with E-state index in [1.54, 1.807) is 11.3 Å². The summed E-state index contributed by atoms with van der Waals surface area (Å²) in [4.78, 5) is 16.2. The standard InChI is InChI=1S/C16H24N2OS2/c1-11(2)9-12-15(19)18(10-16(20-3)6-7-16)14(17-12)13-5-4-8-21-13/h4-5,8,11-12,14,17H,6-7,9-10H2,1-3H3. The molecule has 116 valence electrons. The van der Waals surface area contributed by atoms with E-state index >= 15 is 0 Å². The van der Waals surface area contributed by atoms with Crippen molar-refractivity contribution < 1.29 is 4.79 Å². The van der Waals surface area contributed by atoms with Gasteiger partial charge < -0.3 is 4.90 Å². The Morgan fingerprint density at radius 3 is 2.81 bits per heavy atom. The van der Waals surface area contributed by atoms with Crippen LogP contribution in [-0.2, 0) is 4.79 Å². The summed E-state index contributed by atoms with van der Waals surface area (Å²) >= 11 is 3.66. The lowest BCUT2D eigenvalue weighted by atomic mass is 10.0. The Bertz CT molecular complexity index is 496. The molecule has 1 amide bonds. The second-order valence-electron chi connectivity index (χ2n) is 6.62. The molecule has 0 spiro atoms. The van der Waals surface area contributed by atoms with Gasteiger partial charge in [-0.3, -0.25) is 10.1 Å². The Balaban J connectivity index is 1.80. The molecule has 3 nitrogen and oxygen atoms in total. The van der Waals surface area contributed by atoms with Crippen LogP contribution in [0.25, 0.3) is 0 Å². The maximum absolute atomic E-state index is 12.8. The Kier molecular flexibility index (Phi) is 4.35. The van der Waals surface area contributed by atoms with E-state index < -0.39 is 0 Å². The first kappa shape index (κ1) is 15.4. The van der Waals surface area contributed by atoms with Crippen molar-refractivity contribution in [2.45, 2.75) is 50.1 Å². The SMILES string of the molecule is CSC1(CN2C(=O)C(CC(C)C)NC2c2cccs2)CC1. The molecule has 5 heteroatoms. The topological polar surface area (TPSA) is 32.3 Å². The van der Waals surface area contributed by atoms with Crippen molar-refractivity contribution in [3.8, 4) is 0 Å². The Hall–Kier alpha value is -0.520. The van der Waals surface area contributed by atoms with Gasteiger partial charge in [0.15, 0.2) is 0 Å². The van der Waals surface area contributed by atoms with Crippen LogP contribution in [0.3, 0.4) is 0 Å². The van der Waals surface area contributed by atoms with Crippen molar-refractivity contribution in [3.63, 3.8) is 0 Å². The zero-order valence-electron chi connectivity index (χ0n) is 13.0. The molecule has 1 aromatic rings. The van der Waals surface area contributed by atoms with Gasteiger partial charge in [-0.2, -0.15) is 11.8 Å². The van der Waals surface area contributed by atoms with E-state index in [0.29, 0.717) is 16.6 Å². The van der Waals surface area contributed by atoms with E-state index in [-0.39, 0.29) is 12.2 Å². The second kappa shape index (κ2) is 5.94. The monoisotopic (exact) mass is 324 g/mol. The van der Waals surface area contributed by atoms with Gasteiger partial charge in [-0.1, -0.05) is 19.9 Å². The number of amides is 1. The van der Waals surface area contributed by atoms with E-state index in [9.17, 15) is 4.79 Å². The Morgan fingerprint density at radius 2 is 2.29 bits per heavy atom. The first-order chi connectivity index (χ1) is 10.0. The zero-order chi connectivity index (χ0) is 15.0. The summed E-state index contributed by atoms with van der Waals surface area (Å²) in [5.74, 6) is 0.827. The number of thiophene rings is 1. The van der Waals surface area contributed by atoms with Gasteiger partial charge in [-0.15, -0.1) is 11.3 Å². The third-order valence-corrected chi connectivity index (χ3v) is 6.80. The van der Waals surface area contributed by atoms with Gasteiger partial charge in [-0.25, -0.2) is 0 Å². The van der Waals surface area contributed by atoms with Crippen LogP contribution in [0, 0.1) is 5.92 Å². The molecule has 0 bridgehead atoms. The third kappa shape index (κ3) is 3.15. The van der Waals surface area contributed by atoms with Crippen LogP contribution in [0.2, 0.25) is 0 Å². The van der Waals surface area contributed by atoms with Crippen LogP contribution in [0.15, 0.2) is 17.5 Å². The lowest BCUT2D eigenvalue weighted by molar-refractivity contribution is -0.130. The van der Waals surface area contributed by atoms with Crippen molar-refractivity contribution in [3.05, 3.63) is 22.4 Å². The Labute approximate surface area is 135 Å². The molecule has 2 heterocycles. The van der Waals surface area contributed by atoms with Crippen LogP contribution in [-0.4, -0.2) is 34.4 Å². The normalized spacial score (nSPS) is 27.6. The van der Waals surface area contributed by atoms with Gasteiger partial charge >= 0.3 is 0 Å².